The Balaban J connectivity index is 2.44. The molecule has 0 saturated carbocycles. The van der Waals surface area contributed by atoms with Gasteiger partial charge in [0.05, 0.1) is 29.0 Å². The quantitative estimate of drug-likeness (QED) is 0.688. The van der Waals surface area contributed by atoms with E-state index >= 15 is 0 Å². The fraction of sp³-hybridized carbons (Fsp3) is 0.316. The Labute approximate surface area is 137 Å². The van der Waals surface area contributed by atoms with Crippen molar-refractivity contribution in [3.63, 3.8) is 0 Å². The molecule has 0 amide bonds. The number of rotatable bonds is 4. The molecule has 0 bridgehead atoms. The van der Waals surface area contributed by atoms with E-state index in [9.17, 15) is 0 Å². The molecule has 2 aromatic carbocycles. The summed E-state index contributed by atoms with van der Waals surface area (Å²) in [5.74, 6) is 0. The second-order valence-corrected chi connectivity index (χ2v) is 6.20. The maximum atomic E-state index is 5.42. The monoisotopic (exact) mass is 309 g/mol. The molecule has 1 heterocycles. The number of anilines is 2. The highest BCUT2D eigenvalue weighted by molar-refractivity contribution is 6.05. The molecule has 3 rings (SSSR count). The first-order valence-electron chi connectivity index (χ1n) is 7.72. The van der Waals surface area contributed by atoms with Crippen molar-refractivity contribution in [3.8, 4) is 0 Å². The third-order valence-electron chi connectivity index (χ3n) is 4.04. The van der Waals surface area contributed by atoms with Crippen LogP contribution in [0.1, 0.15) is 5.56 Å². The van der Waals surface area contributed by atoms with Gasteiger partial charge in [0.15, 0.2) is 0 Å². The summed E-state index contributed by atoms with van der Waals surface area (Å²) in [6.45, 7) is 0.568. The highest BCUT2D eigenvalue weighted by Gasteiger charge is 2.18. The van der Waals surface area contributed by atoms with Crippen LogP contribution in [-0.4, -0.2) is 40.3 Å². The molecule has 0 unspecified atom stereocenters. The minimum atomic E-state index is 0.568. The molecule has 0 saturated heterocycles. The van der Waals surface area contributed by atoms with Crippen LogP contribution in [-0.2, 0) is 11.3 Å². The molecule has 1 aromatic heterocycles. The Morgan fingerprint density at radius 3 is 2.26 bits per heavy atom. The Morgan fingerprint density at radius 2 is 1.61 bits per heavy atom. The zero-order valence-electron chi connectivity index (χ0n) is 14.4. The molecule has 23 heavy (non-hydrogen) atoms. The van der Waals surface area contributed by atoms with Crippen molar-refractivity contribution in [3.05, 3.63) is 42.0 Å². The van der Waals surface area contributed by atoms with Crippen molar-refractivity contribution in [2.45, 2.75) is 6.61 Å². The van der Waals surface area contributed by atoms with Crippen LogP contribution in [0.2, 0.25) is 0 Å². The van der Waals surface area contributed by atoms with E-state index in [2.05, 4.69) is 68.3 Å². The van der Waals surface area contributed by atoms with Gasteiger partial charge in [0, 0.05) is 51.6 Å². The lowest BCUT2D eigenvalue weighted by molar-refractivity contribution is 0.185. The highest BCUT2D eigenvalue weighted by atomic mass is 16.5. The van der Waals surface area contributed by atoms with Gasteiger partial charge in [-0.15, -0.1) is 0 Å². The number of nitrogens with zero attached hydrogens (tertiary/aromatic N) is 3. The predicted molar refractivity (Wildman–Crippen MR) is 98.6 cm³/mol. The first-order chi connectivity index (χ1) is 11.0. The molecular formula is C19H23N3O. The number of aromatic nitrogens is 1. The van der Waals surface area contributed by atoms with Crippen LogP contribution >= 0.6 is 0 Å². The minimum Gasteiger partial charge on any atom is -0.380 e. The van der Waals surface area contributed by atoms with Gasteiger partial charge in [-0.25, -0.2) is 4.98 Å². The number of hydrogen-bond acceptors (Lipinski definition) is 4. The van der Waals surface area contributed by atoms with Crippen LogP contribution in [0.4, 0.5) is 11.4 Å². The normalized spacial score (nSPS) is 11.2. The molecule has 0 fully saturated rings. The maximum absolute atomic E-state index is 5.42. The summed E-state index contributed by atoms with van der Waals surface area (Å²) in [6.07, 6.45) is 0. The lowest BCUT2D eigenvalue weighted by atomic mass is 10.0. The molecule has 4 nitrogen and oxygen atoms in total. The first-order valence-corrected chi connectivity index (χ1v) is 7.72. The van der Waals surface area contributed by atoms with Gasteiger partial charge in [0.25, 0.3) is 0 Å². The van der Waals surface area contributed by atoms with E-state index in [1.54, 1.807) is 7.11 Å². The lowest BCUT2D eigenvalue weighted by Crippen LogP contribution is -2.19. The van der Waals surface area contributed by atoms with E-state index < -0.39 is 0 Å². The van der Waals surface area contributed by atoms with Crippen molar-refractivity contribution in [1.82, 2.24) is 4.98 Å². The van der Waals surface area contributed by atoms with E-state index in [1.165, 1.54) is 11.4 Å². The van der Waals surface area contributed by atoms with Crippen LogP contribution in [0.25, 0.3) is 21.8 Å². The average molecular weight is 309 g/mol. The third-order valence-corrected chi connectivity index (χ3v) is 4.04. The van der Waals surface area contributed by atoms with Crippen molar-refractivity contribution in [2.75, 3.05) is 45.1 Å². The molecule has 0 aliphatic heterocycles. The van der Waals surface area contributed by atoms with Crippen LogP contribution in [0.3, 0.4) is 0 Å². The van der Waals surface area contributed by atoms with Crippen molar-refractivity contribution in [1.29, 1.82) is 0 Å². The van der Waals surface area contributed by atoms with Crippen LogP contribution < -0.4 is 9.80 Å². The third kappa shape index (κ3) is 2.70. The largest absolute Gasteiger partial charge is 0.380 e. The van der Waals surface area contributed by atoms with E-state index in [0.29, 0.717) is 6.61 Å². The van der Waals surface area contributed by atoms with E-state index in [-0.39, 0.29) is 0 Å². The van der Waals surface area contributed by atoms with Crippen LogP contribution in [0.15, 0.2) is 36.4 Å². The smallest absolute Gasteiger partial charge is 0.0735 e. The fourth-order valence-corrected chi connectivity index (χ4v) is 3.16. The number of hydrogen-bond donors (Lipinski definition) is 0. The second kappa shape index (κ2) is 6.05. The number of methoxy groups -OCH3 is 1. The molecule has 0 aliphatic rings. The Bertz CT molecular complexity index is 856. The molecule has 0 spiro atoms. The molecule has 0 aliphatic carbocycles. The van der Waals surface area contributed by atoms with Gasteiger partial charge in [0.1, 0.15) is 0 Å². The summed E-state index contributed by atoms with van der Waals surface area (Å²) in [5.41, 5.74) is 5.53. The van der Waals surface area contributed by atoms with Gasteiger partial charge < -0.3 is 14.5 Å². The van der Waals surface area contributed by atoms with Crippen molar-refractivity contribution in [2.24, 2.45) is 0 Å². The average Bonchev–Trinajstić information content (AvgIpc) is 2.51. The van der Waals surface area contributed by atoms with Crippen molar-refractivity contribution < 1.29 is 4.74 Å². The van der Waals surface area contributed by atoms with Crippen LogP contribution in [0.5, 0.6) is 0 Å². The molecular weight excluding hydrogens is 286 g/mol. The summed E-state index contributed by atoms with van der Waals surface area (Å²) in [7, 11) is 10.0. The Morgan fingerprint density at radius 1 is 0.913 bits per heavy atom. The highest BCUT2D eigenvalue weighted by Crippen LogP contribution is 2.39. The number of benzene rings is 2. The number of pyridine rings is 1. The summed E-state index contributed by atoms with van der Waals surface area (Å²) in [4.78, 5) is 9.17. The standard InChI is InChI=1S/C19H23N3O/c1-21(2)18-14(12-23-5)11-17-15(19(18)22(3)4)10-13-8-6-7-9-16(13)20-17/h6-11H,12H2,1-5H3. The van der Waals surface area contributed by atoms with Gasteiger partial charge in [-0.1, -0.05) is 18.2 Å². The number of para-hydroxylation sites is 1. The fourth-order valence-electron chi connectivity index (χ4n) is 3.16. The van der Waals surface area contributed by atoms with Crippen molar-refractivity contribution >= 4 is 33.2 Å². The van der Waals surface area contributed by atoms with Gasteiger partial charge in [-0.2, -0.15) is 0 Å². The molecule has 0 radical (unpaired) electrons. The zero-order valence-corrected chi connectivity index (χ0v) is 14.4. The molecule has 0 N–H and O–H groups in total. The molecule has 0 atom stereocenters. The number of fused-ring (bicyclic) bond motifs is 2. The van der Waals surface area contributed by atoms with Gasteiger partial charge >= 0.3 is 0 Å². The van der Waals surface area contributed by atoms with E-state index in [0.717, 1.165) is 27.4 Å². The van der Waals surface area contributed by atoms with E-state index in [4.69, 9.17) is 9.72 Å². The second-order valence-electron chi connectivity index (χ2n) is 6.20. The maximum Gasteiger partial charge on any atom is 0.0735 e. The lowest BCUT2D eigenvalue weighted by Gasteiger charge is -2.27. The predicted octanol–water partition coefficient (Wildman–Crippen LogP) is 3.67. The topological polar surface area (TPSA) is 28.6 Å². The summed E-state index contributed by atoms with van der Waals surface area (Å²) < 4.78 is 5.42. The summed E-state index contributed by atoms with van der Waals surface area (Å²) in [5, 5.41) is 2.32. The van der Waals surface area contributed by atoms with E-state index in [1.807, 2.05) is 6.07 Å². The molecule has 3 aromatic rings. The minimum absolute atomic E-state index is 0.568. The van der Waals surface area contributed by atoms with Crippen LogP contribution in [0, 0.1) is 0 Å². The summed E-state index contributed by atoms with van der Waals surface area (Å²) >= 11 is 0. The molecule has 120 valence electrons. The summed E-state index contributed by atoms with van der Waals surface area (Å²) in [6, 6.07) is 12.6. The van der Waals surface area contributed by atoms with Gasteiger partial charge in [-0.05, 0) is 18.2 Å². The zero-order chi connectivity index (χ0) is 16.6. The Hall–Kier alpha value is -2.33. The Kier molecular flexibility index (Phi) is 4.09. The van der Waals surface area contributed by atoms with Gasteiger partial charge in [-0.3, -0.25) is 0 Å². The number of ether oxygens (including phenoxy) is 1. The first kappa shape index (κ1) is 15.6. The molecule has 4 heteroatoms. The van der Waals surface area contributed by atoms with Gasteiger partial charge in [0.2, 0.25) is 0 Å². The SMILES string of the molecule is COCc1cc2nc3ccccc3cc2c(N(C)C)c1N(C)C.